The van der Waals surface area contributed by atoms with Crippen molar-refractivity contribution >= 4 is 27.8 Å². The predicted molar refractivity (Wildman–Crippen MR) is 226 cm³/mol. The second-order valence-corrected chi connectivity index (χ2v) is 13.3. The lowest BCUT2D eigenvalue weighted by molar-refractivity contribution is 1.28. The maximum Gasteiger partial charge on any atom is 0.0540 e. The van der Waals surface area contributed by atoms with Crippen molar-refractivity contribution in [3.05, 3.63) is 224 Å². The van der Waals surface area contributed by atoms with Crippen molar-refractivity contribution in [2.24, 2.45) is 0 Å². The van der Waals surface area contributed by atoms with Crippen molar-refractivity contribution in [2.75, 3.05) is 4.90 Å². The fraction of sp³-hybridized carbons (Fsp3) is 0. The van der Waals surface area contributed by atoms with Crippen LogP contribution in [0.1, 0.15) is 0 Å². The molecular weight excluding hydrogens is 639 g/mol. The Balaban J connectivity index is 1.26. The summed E-state index contributed by atoms with van der Waals surface area (Å²) in [5.41, 5.74) is 15.1. The van der Waals surface area contributed by atoms with Crippen molar-refractivity contribution in [1.29, 1.82) is 0 Å². The summed E-state index contributed by atoms with van der Waals surface area (Å²) in [5, 5.41) is 2.50. The van der Waals surface area contributed by atoms with E-state index in [1.165, 1.54) is 49.7 Å². The van der Waals surface area contributed by atoms with Gasteiger partial charge in [0.2, 0.25) is 0 Å². The minimum absolute atomic E-state index is 1.11. The highest BCUT2D eigenvalue weighted by Crippen LogP contribution is 2.48. The first-order valence-electron chi connectivity index (χ1n) is 18.2. The Bertz CT molecular complexity index is 2670. The Morgan fingerprint density at radius 1 is 0.226 bits per heavy atom. The number of benzene rings is 9. The van der Waals surface area contributed by atoms with Gasteiger partial charge in [-0.25, -0.2) is 0 Å². The molecule has 0 saturated carbocycles. The van der Waals surface area contributed by atoms with Gasteiger partial charge in [0.1, 0.15) is 0 Å². The molecule has 9 aromatic carbocycles. The first kappa shape index (κ1) is 32.0. The highest BCUT2D eigenvalue weighted by molar-refractivity contribution is 6.00. The minimum Gasteiger partial charge on any atom is -0.309 e. The van der Waals surface area contributed by atoms with Gasteiger partial charge in [-0.2, -0.15) is 0 Å². The van der Waals surface area contributed by atoms with Gasteiger partial charge in [0, 0.05) is 16.7 Å². The Morgan fingerprint density at radius 2 is 0.585 bits per heavy atom. The number of hydrogen-bond donors (Lipinski definition) is 0. The fourth-order valence-electron chi connectivity index (χ4n) is 7.57. The van der Waals surface area contributed by atoms with Gasteiger partial charge in [0.05, 0.1) is 17.1 Å². The minimum atomic E-state index is 1.11. The topological polar surface area (TPSA) is 3.24 Å². The van der Waals surface area contributed by atoms with Crippen LogP contribution in [0.3, 0.4) is 0 Å². The quantitative estimate of drug-likeness (QED) is 0.155. The molecule has 53 heavy (non-hydrogen) atoms. The van der Waals surface area contributed by atoms with Crippen LogP contribution in [-0.2, 0) is 0 Å². The van der Waals surface area contributed by atoms with Gasteiger partial charge < -0.3 is 4.90 Å². The third kappa shape index (κ3) is 6.30. The normalized spacial score (nSPS) is 11.0. The number of fused-ring (bicyclic) bond motifs is 1. The zero-order chi connectivity index (χ0) is 35.4. The molecule has 0 saturated heterocycles. The summed E-state index contributed by atoms with van der Waals surface area (Å²) in [5.74, 6) is 0. The largest absolute Gasteiger partial charge is 0.309 e. The first-order chi connectivity index (χ1) is 26.3. The number of hydrogen-bond acceptors (Lipinski definition) is 1. The molecule has 1 nitrogen and oxygen atoms in total. The molecule has 0 aliphatic carbocycles. The van der Waals surface area contributed by atoms with E-state index < -0.39 is 0 Å². The van der Waals surface area contributed by atoms with E-state index in [1.54, 1.807) is 0 Å². The zero-order valence-electron chi connectivity index (χ0n) is 29.3. The summed E-state index contributed by atoms with van der Waals surface area (Å²) in [6, 6.07) is 80.9. The number of nitrogens with zero attached hydrogens (tertiary/aromatic N) is 1. The lowest BCUT2D eigenvalue weighted by Crippen LogP contribution is -2.13. The molecule has 0 bridgehead atoms. The highest BCUT2D eigenvalue weighted by Gasteiger charge is 2.23. The monoisotopic (exact) mass is 675 g/mol. The molecule has 0 heterocycles. The molecule has 9 rings (SSSR count). The van der Waals surface area contributed by atoms with Crippen LogP contribution in [0, 0.1) is 0 Å². The molecule has 250 valence electrons. The summed E-state index contributed by atoms with van der Waals surface area (Å²) in [6.45, 7) is 0. The van der Waals surface area contributed by atoms with Crippen LogP contribution >= 0.6 is 0 Å². The second kappa shape index (κ2) is 14.3. The van der Waals surface area contributed by atoms with Crippen molar-refractivity contribution < 1.29 is 0 Å². The van der Waals surface area contributed by atoms with Crippen molar-refractivity contribution in [3.63, 3.8) is 0 Å². The molecule has 0 spiro atoms. The SMILES string of the molecule is c1ccc(-c2cccc(-c3ccccc3N(c3ccccc3-c3ccccc3)c3ccccc3-c3cccc(-c4cccc5ccccc45)c3)c2)cc1. The third-order valence-electron chi connectivity index (χ3n) is 10.1. The number of rotatable bonds is 8. The number of anilines is 3. The van der Waals surface area contributed by atoms with E-state index in [-0.39, 0.29) is 0 Å². The molecule has 0 radical (unpaired) electrons. The third-order valence-corrected chi connectivity index (χ3v) is 10.1. The van der Waals surface area contributed by atoms with Gasteiger partial charge in [-0.15, -0.1) is 0 Å². The maximum absolute atomic E-state index is 2.47. The molecule has 0 atom stereocenters. The lowest BCUT2D eigenvalue weighted by atomic mass is 9.93. The van der Waals surface area contributed by atoms with Crippen LogP contribution in [0.15, 0.2) is 224 Å². The summed E-state index contributed by atoms with van der Waals surface area (Å²) in [4.78, 5) is 2.47. The van der Waals surface area contributed by atoms with Gasteiger partial charge in [0.25, 0.3) is 0 Å². The molecule has 9 aromatic rings. The van der Waals surface area contributed by atoms with Crippen LogP contribution in [0.2, 0.25) is 0 Å². The van der Waals surface area contributed by atoms with E-state index >= 15 is 0 Å². The summed E-state index contributed by atoms with van der Waals surface area (Å²) < 4.78 is 0. The molecule has 0 aliphatic rings. The average molecular weight is 676 g/mol. The average Bonchev–Trinajstić information content (AvgIpc) is 3.25. The molecule has 0 aliphatic heterocycles. The Kier molecular flexibility index (Phi) is 8.66. The van der Waals surface area contributed by atoms with Gasteiger partial charge in [-0.05, 0) is 80.0 Å². The van der Waals surface area contributed by atoms with Crippen LogP contribution in [-0.4, -0.2) is 0 Å². The Labute approximate surface area is 311 Å². The van der Waals surface area contributed by atoms with Crippen LogP contribution in [0.25, 0.3) is 66.4 Å². The second-order valence-electron chi connectivity index (χ2n) is 13.3. The predicted octanol–water partition coefficient (Wildman–Crippen LogP) is 14.6. The zero-order valence-corrected chi connectivity index (χ0v) is 29.3. The van der Waals surface area contributed by atoms with E-state index in [0.29, 0.717) is 0 Å². The molecule has 0 amide bonds. The summed E-state index contributed by atoms with van der Waals surface area (Å²) >= 11 is 0. The Morgan fingerprint density at radius 3 is 1.19 bits per heavy atom. The van der Waals surface area contributed by atoms with Crippen LogP contribution in [0.5, 0.6) is 0 Å². The number of para-hydroxylation sites is 3. The van der Waals surface area contributed by atoms with Crippen molar-refractivity contribution in [2.45, 2.75) is 0 Å². The van der Waals surface area contributed by atoms with E-state index in [1.807, 2.05) is 0 Å². The van der Waals surface area contributed by atoms with Crippen molar-refractivity contribution in [3.8, 4) is 55.6 Å². The van der Waals surface area contributed by atoms with Crippen molar-refractivity contribution in [1.82, 2.24) is 0 Å². The van der Waals surface area contributed by atoms with Gasteiger partial charge >= 0.3 is 0 Å². The lowest BCUT2D eigenvalue weighted by Gasteiger charge is -2.31. The fourth-order valence-corrected chi connectivity index (χ4v) is 7.57. The van der Waals surface area contributed by atoms with E-state index in [9.17, 15) is 0 Å². The van der Waals surface area contributed by atoms with E-state index in [2.05, 4.69) is 229 Å². The van der Waals surface area contributed by atoms with E-state index in [0.717, 1.165) is 33.8 Å². The maximum atomic E-state index is 2.47. The standard InChI is InChI=1S/C52H37N/c1-3-18-38(19-4-1)41-24-15-26-43(36-41)48-30-10-13-34-51(48)53(50-33-12-9-29-47(50)40-20-5-2-6-21-40)52-35-14-11-31-49(52)44-27-16-25-42(37-44)46-32-17-23-39-22-7-8-28-45(39)46/h1-37H. The van der Waals surface area contributed by atoms with Gasteiger partial charge in [-0.1, -0.05) is 194 Å². The van der Waals surface area contributed by atoms with E-state index in [4.69, 9.17) is 0 Å². The molecule has 0 unspecified atom stereocenters. The molecular formula is C52H37N. The molecule has 0 N–H and O–H groups in total. The van der Waals surface area contributed by atoms with Crippen LogP contribution < -0.4 is 4.90 Å². The highest BCUT2D eigenvalue weighted by atomic mass is 15.1. The molecule has 0 fully saturated rings. The summed E-state index contributed by atoms with van der Waals surface area (Å²) in [6.07, 6.45) is 0. The van der Waals surface area contributed by atoms with Crippen LogP contribution in [0.4, 0.5) is 17.1 Å². The Hall–Kier alpha value is -6.96. The first-order valence-corrected chi connectivity index (χ1v) is 18.2. The summed E-state index contributed by atoms with van der Waals surface area (Å²) in [7, 11) is 0. The molecule has 0 aromatic heterocycles. The van der Waals surface area contributed by atoms with Gasteiger partial charge in [0.15, 0.2) is 0 Å². The molecule has 1 heteroatoms. The smallest absolute Gasteiger partial charge is 0.0540 e. The van der Waals surface area contributed by atoms with Gasteiger partial charge in [-0.3, -0.25) is 0 Å².